The Morgan fingerprint density at radius 3 is 2.48 bits per heavy atom. The first-order valence-corrected chi connectivity index (χ1v) is 10.7. The van der Waals surface area contributed by atoms with Gasteiger partial charge in [-0.25, -0.2) is 4.79 Å². The van der Waals surface area contributed by atoms with Crippen LogP contribution in [0.3, 0.4) is 0 Å². The minimum absolute atomic E-state index is 0.339. The van der Waals surface area contributed by atoms with Gasteiger partial charge in [0.05, 0.1) is 0 Å². The van der Waals surface area contributed by atoms with Gasteiger partial charge in [-0.05, 0) is 48.7 Å². The maximum atomic E-state index is 12.4. The van der Waals surface area contributed by atoms with Crippen molar-refractivity contribution in [3.63, 3.8) is 0 Å². The van der Waals surface area contributed by atoms with E-state index in [2.05, 4.69) is 37.4 Å². The van der Waals surface area contributed by atoms with E-state index in [1.54, 1.807) is 0 Å². The molecule has 0 aliphatic carbocycles. The van der Waals surface area contributed by atoms with Crippen molar-refractivity contribution in [3.05, 3.63) is 105 Å². The van der Waals surface area contributed by atoms with Gasteiger partial charge in [-0.15, -0.1) is 0 Å². The molecule has 0 spiro atoms. The molecule has 1 heterocycles. The van der Waals surface area contributed by atoms with E-state index in [9.17, 15) is 9.90 Å². The number of aromatic nitrogens is 1. The van der Waals surface area contributed by atoms with E-state index in [4.69, 9.17) is 11.6 Å². The number of carboxylic acids is 1. The molecule has 0 bridgehead atoms. The zero-order valence-electron chi connectivity index (χ0n) is 17.7. The molecule has 3 aromatic carbocycles. The quantitative estimate of drug-likeness (QED) is 0.379. The molecular formula is C26H25ClN2O2. The van der Waals surface area contributed by atoms with Crippen molar-refractivity contribution in [1.29, 1.82) is 0 Å². The van der Waals surface area contributed by atoms with Gasteiger partial charge in [-0.3, -0.25) is 0 Å². The zero-order valence-corrected chi connectivity index (χ0v) is 18.4. The minimum atomic E-state index is -0.912. The maximum Gasteiger partial charge on any atom is 0.352 e. The Morgan fingerprint density at radius 1 is 1.00 bits per heavy atom. The van der Waals surface area contributed by atoms with Crippen LogP contribution in [-0.4, -0.2) is 15.6 Å². The molecule has 0 atom stereocenters. The van der Waals surface area contributed by atoms with Crippen LogP contribution in [0.15, 0.2) is 66.7 Å². The summed E-state index contributed by atoms with van der Waals surface area (Å²) >= 11 is 5.96. The molecule has 4 nitrogen and oxygen atoms in total. The maximum absolute atomic E-state index is 12.4. The topological polar surface area (TPSA) is 54.3 Å². The number of nitrogens with one attached hydrogen (secondary N) is 1. The van der Waals surface area contributed by atoms with Gasteiger partial charge < -0.3 is 15.0 Å². The lowest BCUT2D eigenvalue weighted by Gasteiger charge is -2.13. The molecular weight excluding hydrogens is 408 g/mol. The number of hydrogen-bond acceptors (Lipinski definition) is 2. The predicted molar refractivity (Wildman–Crippen MR) is 126 cm³/mol. The molecule has 0 saturated heterocycles. The fourth-order valence-corrected chi connectivity index (χ4v) is 4.16. The second-order valence-electron chi connectivity index (χ2n) is 7.90. The number of rotatable bonds is 7. The van der Waals surface area contributed by atoms with Crippen LogP contribution in [0, 0.1) is 13.8 Å². The molecule has 2 N–H and O–H groups in total. The number of nitrogens with zero attached hydrogens (tertiary/aromatic N) is 1. The van der Waals surface area contributed by atoms with E-state index in [0.29, 0.717) is 30.4 Å². The molecule has 0 aliphatic rings. The molecule has 1 aromatic heterocycles. The summed E-state index contributed by atoms with van der Waals surface area (Å²) in [4.78, 5) is 12.4. The first-order chi connectivity index (χ1) is 14.9. The highest BCUT2D eigenvalue weighted by Gasteiger charge is 2.22. The Kier molecular flexibility index (Phi) is 6.12. The smallest absolute Gasteiger partial charge is 0.352 e. The summed E-state index contributed by atoms with van der Waals surface area (Å²) < 4.78 is 1.93. The highest BCUT2D eigenvalue weighted by Crippen LogP contribution is 2.28. The molecule has 4 rings (SSSR count). The summed E-state index contributed by atoms with van der Waals surface area (Å²) in [7, 11) is 0. The highest BCUT2D eigenvalue weighted by molar-refractivity contribution is 6.30. The van der Waals surface area contributed by atoms with E-state index < -0.39 is 5.97 Å². The fraction of sp³-hybridized carbons (Fsp3) is 0.192. The summed E-state index contributed by atoms with van der Waals surface area (Å²) in [5.74, 6) is -0.912. The molecule has 158 valence electrons. The Morgan fingerprint density at radius 2 is 1.74 bits per heavy atom. The van der Waals surface area contributed by atoms with Gasteiger partial charge in [0.2, 0.25) is 0 Å². The van der Waals surface area contributed by atoms with Crippen LogP contribution in [-0.2, 0) is 19.6 Å². The fourth-order valence-electron chi connectivity index (χ4n) is 4.04. The van der Waals surface area contributed by atoms with Gasteiger partial charge in [0, 0.05) is 41.1 Å². The molecule has 0 unspecified atom stereocenters. The number of fused-ring (bicyclic) bond motifs is 1. The second kappa shape index (κ2) is 8.96. The average molecular weight is 433 g/mol. The Balaban J connectivity index is 1.71. The lowest BCUT2D eigenvalue weighted by Crippen LogP contribution is -2.17. The van der Waals surface area contributed by atoms with Gasteiger partial charge in [0.1, 0.15) is 5.69 Å². The van der Waals surface area contributed by atoms with E-state index in [1.165, 1.54) is 5.56 Å². The largest absolute Gasteiger partial charge is 0.477 e. The van der Waals surface area contributed by atoms with E-state index in [0.717, 1.165) is 33.2 Å². The van der Waals surface area contributed by atoms with Crippen molar-refractivity contribution in [3.8, 4) is 0 Å². The molecule has 31 heavy (non-hydrogen) atoms. The summed E-state index contributed by atoms with van der Waals surface area (Å²) in [6.07, 6.45) is 0. The number of para-hydroxylation sites is 1. The number of benzene rings is 3. The highest BCUT2D eigenvalue weighted by atomic mass is 35.5. The van der Waals surface area contributed by atoms with Crippen molar-refractivity contribution < 1.29 is 9.90 Å². The lowest BCUT2D eigenvalue weighted by atomic mass is 10.1. The van der Waals surface area contributed by atoms with Crippen LogP contribution in [0.2, 0.25) is 5.02 Å². The Labute approximate surface area is 187 Å². The van der Waals surface area contributed by atoms with Gasteiger partial charge in [-0.1, -0.05) is 65.7 Å². The third kappa shape index (κ3) is 4.50. The number of carboxylic acid groups (broad SMARTS) is 1. The third-order valence-corrected chi connectivity index (χ3v) is 5.91. The van der Waals surface area contributed by atoms with Gasteiger partial charge in [0.15, 0.2) is 0 Å². The number of carbonyl (C=O) groups is 1. The first kappa shape index (κ1) is 21.2. The Bertz CT molecular complexity index is 1240. The number of hydrogen-bond donors (Lipinski definition) is 2. The van der Waals surface area contributed by atoms with Crippen LogP contribution in [0.1, 0.15) is 38.3 Å². The molecule has 0 radical (unpaired) electrons. The van der Waals surface area contributed by atoms with Crippen molar-refractivity contribution >= 4 is 28.5 Å². The van der Waals surface area contributed by atoms with Gasteiger partial charge >= 0.3 is 5.97 Å². The van der Waals surface area contributed by atoms with E-state index in [-0.39, 0.29) is 0 Å². The van der Waals surface area contributed by atoms with Gasteiger partial charge in [0.25, 0.3) is 0 Å². The monoisotopic (exact) mass is 432 g/mol. The van der Waals surface area contributed by atoms with E-state index >= 15 is 0 Å². The van der Waals surface area contributed by atoms with Crippen molar-refractivity contribution in [2.45, 2.75) is 33.5 Å². The minimum Gasteiger partial charge on any atom is -0.477 e. The van der Waals surface area contributed by atoms with Crippen LogP contribution in [0.4, 0.5) is 0 Å². The lowest BCUT2D eigenvalue weighted by molar-refractivity contribution is 0.0684. The van der Waals surface area contributed by atoms with Crippen molar-refractivity contribution in [2.75, 3.05) is 0 Å². The number of aryl methyl sites for hydroxylation is 2. The standard InChI is InChI=1S/C26H25ClN2O2/c1-17-7-8-18(2)20(13-17)16-29-24-6-4-3-5-22(24)23(25(29)26(30)31)15-28-14-19-9-11-21(27)12-10-19/h3-13,28H,14-16H2,1-2H3,(H,30,31). The normalized spacial score (nSPS) is 11.2. The van der Waals surface area contributed by atoms with Crippen LogP contribution >= 0.6 is 11.6 Å². The number of halogens is 1. The van der Waals surface area contributed by atoms with Crippen molar-refractivity contribution in [2.24, 2.45) is 0 Å². The molecule has 0 amide bonds. The molecule has 0 fully saturated rings. The van der Waals surface area contributed by atoms with E-state index in [1.807, 2.05) is 53.1 Å². The van der Waals surface area contributed by atoms with Gasteiger partial charge in [-0.2, -0.15) is 0 Å². The predicted octanol–water partition coefficient (Wildman–Crippen LogP) is 5.95. The third-order valence-electron chi connectivity index (χ3n) is 5.66. The summed E-state index contributed by atoms with van der Waals surface area (Å²) in [6.45, 7) is 5.74. The zero-order chi connectivity index (χ0) is 22.0. The van der Waals surface area contributed by atoms with Crippen LogP contribution in [0.25, 0.3) is 10.9 Å². The van der Waals surface area contributed by atoms with Crippen molar-refractivity contribution in [1.82, 2.24) is 9.88 Å². The van der Waals surface area contributed by atoms with Crippen LogP contribution in [0.5, 0.6) is 0 Å². The molecule has 5 heteroatoms. The number of aromatic carboxylic acids is 1. The summed E-state index contributed by atoms with van der Waals surface area (Å²) in [5.41, 5.74) is 6.63. The average Bonchev–Trinajstić information content (AvgIpc) is 3.06. The summed E-state index contributed by atoms with van der Waals surface area (Å²) in [6, 6.07) is 21.9. The Hall–Kier alpha value is -3.08. The molecule has 0 aliphatic heterocycles. The summed E-state index contributed by atoms with van der Waals surface area (Å²) in [5, 5.41) is 15.2. The molecule has 4 aromatic rings. The second-order valence-corrected chi connectivity index (χ2v) is 8.33. The SMILES string of the molecule is Cc1ccc(C)c(Cn2c(C(=O)O)c(CNCc3ccc(Cl)cc3)c3ccccc32)c1. The van der Waals surface area contributed by atoms with Crippen LogP contribution < -0.4 is 5.32 Å². The molecule has 0 saturated carbocycles. The first-order valence-electron chi connectivity index (χ1n) is 10.3.